The number of pyridine rings is 1. The summed E-state index contributed by atoms with van der Waals surface area (Å²) in [5.41, 5.74) is 0.890. The van der Waals surface area contributed by atoms with Gasteiger partial charge in [-0.1, -0.05) is 29.9 Å². The molecule has 0 fully saturated rings. The van der Waals surface area contributed by atoms with Gasteiger partial charge in [-0.15, -0.1) is 0 Å². The lowest BCUT2D eigenvalue weighted by atomic mass is 10.3. The van der Waals surface area contributed by atoms with Gasteiger partial charge < -0.3 is 4.90 Å². The highest BCUT2D eigenvalue weighted by Crippen LogP contribution is 2.37. The molecule has 112 valence electrons. The number of aromatic nitrogens is 2. The number of amides is 1. The number of hydrogen-bond acceptors (Lipinski definition) is 5. The highest BCUT2D eigenvalue weighted by molar-refractivity contribution is 7.80. The highest BCUT2D eigenvalue weighted by atomic mass is 35.5. The first-order valence-electron chi connectivity index (χ1n) is 6.58. The summed E-state index contributed by atoms with van der Waals surface area (Å²) in [6, 6.07) is 3.76. The van der Waals surface area contributed by atoms with E-state index in [1.54, 1.807) is 17.3 Å². The third-order valence-electron chi connectivity index (χ3n) is 2.81. The average molecular weight is 342 g/mol. The number of rotatable bonds is 5. The van der Waals surface area contributed by atoms with Crippen molar-refractivity contribution < 1.29 is 4.79 Å². The molecular formula is C14H16ClN3OS2. The summed E-state index contributed by atoms with van der Waals surface area (Å²) in [4.78, 5) is 22.3. The Morgan fingerprint density at radius 3 is 2.90 bits per heavy atom. The molecule has 2 heterocycles. The van der Waals surface area contributed by atoms with Crippen LogP contribution >= 0.6 is 35.6 Å². The molecule has 2 aromatic heterocycles. The van der Waals surface area contributed by atoms with E-state index in [0.29, 0.717) is 23.1 Å². The van der Waals surface area contributed by atoms with Crippen LogP contribution in [-0.4, -0.2) is 27.7 Å². The largest absolute Gasteiger partial charge is 0.301 e. The zero-order chi connectivity index (χ0) is 15.4. The van der Waals surface area contributed by atoms with Crippen LogP contribution in [0.5, 0.6) is 0 Å². The summed E-state index contributed by atoms with van der Waals surface area (Å²) < 4.78 is 0. The third-order valence-corrected chi connectivity index (χ3v) is 4.50. The molecule has 0 bridgehead atoms. The predicted octanol–water partition coefficient (Wildman–Crippen LogP) is 3.92. The van der Waals surface area contributed by atoms with E-state index in [1.165, 1.54) is 11.3 Å². The summed E-state index contributed by atoms with van der Waals surface area (Å²) in [7, 11) is 0. The van der Waals surface area contributed by atoms with Crippen LogP contribution in [0.25, 0.3) is 10.6 Å². The van der Waals surface area contributed by atoms with E-state index < -0.39 is 0 Å². The first-order valence-corrected chi connectivity index (χ1v) is 8.29. The molecule has 0 saturated heterocycles. The molecule has 1 amide bonds. The maximum Gasteiger partial charge on any atom is 0.228 e. The Bertz CT molecular complexity index is 616. The number of anilines is 1. The number of nitrogens with zero attached hydrogens (tertiary/aromatic N) is 3. The lowest BCUT2D eigenvalue weighted by Crippen LogP contribution is -2.31. The Morgan fingerprint density at radius 2 is 2.33 bits per heavy atom. The molecule has 0 aliphatic heterocycles. The molecule has 1 unspecified atom stereocenters. The first-order chi connectivity index (χ1) is 10.0. The van der Waals surface area contributed by atoms with E-state index in [0.717, 1.165) is 10.6 Å². The molecule has 0 radical (unpaired) electrons. The van der Waals surface area contributed by atoms with Crippen molar-refractivity contribution in [2.24, 2.45) is 0 Å². The second kappa shape index (κ2) is 7.24. The van der Waals surface area contributed by atoms with Crippen molar-refractivity contribution in [3.8, 4) is 10.6 Å². The zero-order valence-corrected chi connectivity index (χ0v) is 14.3. The van der Waals surface area contributed by atoms with Crippen molar-refractivity contribution in [1.82, 2.24) is 9.97 Å². The van der Waals surface area contributed by atoms with Crippen molar-refractivity contribution in [2.45, 2.75) is 25.5 Å². The van der Waals surface area contributed by atoms with Gasteiger partial charge in [-0.05, 0) is 19.1 Å². The Balaban J connectivity index is 2.31. The topological polar surface area (TPSA) is 46.1 Å². The van der Waals surface area contributed by atoms with Crippen LogP contribution in [-0.2, 0) is 4.79 Å². The molecule has 2 rings (SSSR count). The number of thiol groups is 1. The fraction of sp³-hybridized carbons (Fsp3) is 0.357. The molecule has 2 aromatic rings. The Kier molecular flexibility index (Phi) is 5.61. The Hall–Kier alpha value is -1.11. The van der Waals surface area contributed by atoms with E-state index in [2.05, 4.69) is 22.6 Å². The summed E-state index contributed by atoms with van der Waals surface area (Å²) in [5, 5.41) is 1.79. The van der Waals surface area contributed by atoms with Crippen molar-refractivity contribution >= 4 is 46.5 Å². The maximum absolute atomic E-state index is 12.3. The second-order valence-electron chi connectivity index (χ2n) is 4.55. The van der Waals surface area contributed by atoms with Gasteiger partial charge in [0.25, 0.3) is 0 Å². The second-order valence-corrected chi connectivity index (χ2v) is 6.76. The number of hydrogen-bond donors (Lipinski definition) is 1. The van der Waals surface area contributed by atoms with Gasteiger partial charge in [-0.2, -0.15) is 12.6 Å². The molecule has 0 spiro atoms. The normalized spacial score (nSPS) is 12.2. The Labute approximate surface area is 138 Å². The summed E-state index contributed by atoms with van der Waals surface area (Å²) >= 11 is 11.9. The van der Waals surface area contributed by atoms with Crippen molar-refractivity contribution in [1.29, 1.82) is 0 Å². The standard InChI is InChI=1S/C14H16ClN3OS2/c1-3-18(11(19)7-9(2)20)14-12(15)17-13(21-14)10-5-4-6-16-8-10/h4-6,8-9,20H,3,7H2,1-2H3. The molecule has 1 atom stereocenters. The van der Waals surface area contributed by atoms with Gasteiger partial charge in [0.2, 0.25) is 5.91 Å². The minimum Gasteiger partial charge on any atom is -0.301 e. The van der Waals surface area contributed by atoms with Crippen LogP contribution in [0.1, 0.15) is 20.3 Å². The predicted molar refractivity (Wildman–Crippen MR) is 91.4 cm³/mol. The van der Waals surface area contributed by atoms with Crippen LogP contribution in [0.2, 0.25) is 5.15 Å². The van der Waals surface area contributed by atoms with E-state index in [1.807, 2.05) is 26.0 Å². The minimum absolute atomic E-state index is 0.00304. The van der Waals surface area contributed by atoms with Crippen LogP contribution in [0.3, 0.4) is 0 Å². The molecule has 0 aliphatic carbocycles. The maximum atomic E-state index is 12.3. The summed E-state index contributed by atoms with van der Waals surface area (Å²) in [6.45, 7) is 4.36. The fourth-order valence-corrected chi connectivity index (χ4v) is 3.41. The summed E-state index contributed by atoms with van der Waals surface area (Å²) in [5.74, 6) is 0.00304. The lowest BCUT2D eigenvalue weighted by Gasteiger charge is -2.19. The van der Waals surface area contributed by atoms with Gasteiger partial charge in [-0.25, -0.2) is 4.98 Å². The molecule has 7 heteroatoms. The van der Waals surface area contributed by atoms with Crippen molar-refractivity contribution in [2.75, 3.05) is 11.4 Å². The zero-order valence-electron chi connectivity index (χ0n) is 11.8. The van der Waals surface area contributed by atoms with E-state index in [4.69, 9.17) is 11.6 Å². The molecule has 4 nitrogen and oxygen atoms in total. The average Bonchev–Trinajstić information content (AvgIpc) is 2.82. The van der Waals surface area contributed by atoms with Gasteiger partial charge in [0, 0.05) is 36.2 Å². The Morgan fingerprint density at radius 1 is 1.57 bits per heavy atom. The fourth-order valence-electron chi connectivity index (χ4n) is 1.87. The van der Waals surface area contributed by atoms with Gasteiger partial charge in [0.15, 0.2) is 5.15 Å². The minimum atomic E-state index is 0.00304. The quantitative estimate of drug-likeness (QED) is 0.838. The van der Waals surface area contributed by atoms with Crippen molar-refractivity contribution in [3.05, 3.63) is 29.7 Å². The van der Waals surface area contributed by atoms with Gasteiger partial charge in [0.1, 0.15) is 10.0 Å². The highest BCUT2D eigenvalue weighted by Gasteiger charge is 2.22. The molecule has 0 aromatic carbocycles. The van der Waals surface area contributed by atoms with Crippen molar-refractivity contribution in [3.63, 3.8) is 0 Å². The lowest BCUT2D eigenvalue weighted by molar-refractivity contribution is -0.118. The number of carbonyl (C=O) groups excluding carboxylic acids is 1. The van der Waals surface area contributed by atoms with Crippen LogP contribution in [0.15, 0.2) is 24.5 Å². The van der Waals surface area contributed by atoms with Crippen LogP contribution in [0, 0.1) is 0 Å². The molecule has 0 N–H and O–H groups in total. The number of carbonyl (C=O) groups is 1. The van der Waals surface area contributed by atoms with E-state index in [9.17, 15) is 4.79 Å². The van der Waals surface area contributed by atoms with Gasteiger partial charge in [-0.3, -0.25) is 9.78 Å². The van der Waals surface area contributed by atoms with E-state index in [-0.39, 0.29) is 11.2 Å². The molecule has 0 aliphatic rings. The smallest absolute Gasteiger partial charge is 0.228 e. The first kappa shape index (κ1) is 16.3. The van der Waals surface area contributed by atoms with Gasteiger partial charge >= 0.3 is 0 Å². The number of thiazole rings is 1. The SMILES string of the molecule is CCN(C(=O)CC(C)S)c1sc(-c2cccnc2)nc1Cl. The van der Waals surface area contributed by atoms with E-state index >= 15 is 0 Å². The number of halogens is 1. The monoisotopic (exact) mass is 341 g/mol. The molecule has 0 saturated carbocycles. The molecular weight excluding hydrogens is 326 g/mol. The third kappa shape index (κ3) is 3.96. The van der Waals surface area contributed by atoms with Crippen LogP contribution in [0.4, 0.5) is 5.00 Å². The van der Waals surface area contributed by atoms with Gasteiger partial charge in [0.05, 0.1) is 0 Å². The van der Waals surface area contributed by atoms with Crippen LogP contribution < -0.4 is 4.90 Å². The molecule has 21 heavy (non-hydrogen) atoms. The summed E-state index contributed by atoms with van der Waals surface area (Å²) in [6.07, 6.45) is 3.80.